The Bertz CT molecular complexity index is 128. The van der Waals surface area contributed by atoms with Crippen molar-refractivity contribution in [3.05, 3.63) is 0 Å². The summed E-state index contributed by atoms with van der Waals surface area (Å²) < 4.78 is 0. The number of nitrogens with zero attached hydrogens (tertiary/aromatic N) is 1. The van der Waals surface area contributed by atoms with Gasteiger partial charge in [-0.15, -0.1) is 0 Å². The minimum atomic E-state index is 0.384. The molecule has 0 saturated carbocycles. The number of aliphatic imine (C=N–C) groups is 1. The van der Waals surface area contributed by atoms with Crippen molar-refractivity contribution in [2.24, 2.45) is 4.99 Å². The van der Waals surface area contributed by atoms with Gasteiger partial charge in [0.2, 0.25) is 0 Å². The van der Waals surface area contributed by atoms with E-state index >= 15 is 0 Å². The first-order valence-electron chi connectivity index (χ1n) is 2.85. The van der Waals surface area contributed by atoms with E-state index in [9.17, 15) is 4.79 Å². The molecule has 0 saturated heterocycles. The molecule has 1 unspecified atom stereocenters. The van der Waals surface area contributed by atoms with Crippen molar-refractivity contribution >= 4 is 12.0 Å². The maximum Gasteiger partial charge on any atom is 0.163 e. The zero-order valence-electron chi connectivity index (χ0n) is 4.92. The van der Waals surface area contributed by atoms with Crippen LogP contribution < -0.4 is 0 Å². The Labute approximate surface area is 48.6 Å². The van der Waals surface area contributed by atoms with E-state index in [1.807, 2.05) is 6.92 Å². The predicted molar refractivity (Wildman–Crippen MR) is 32.2 cm³/mol. The van der Waals surface area contributed by atoms with Gasteiger partial charge in [0.25, 0.3) is 0 Å². The molecule has 0 amide bonds. The smallest absolute Gasteiger partial charge is 0.163 e. The third-order valence-corrected chi connectivity index (χ3v) is 1.34. The van der Waals surface area contributed by atoms with Crippen LogP contribution in [0.4, 0.5) is 0 Å². The molecule has 1 rings (SSSR count). The zero-order chi connectivity index (χ0) is 5.98. The summed E-state index contributed by atoms with van der Waals surface area (Å²) in [5.74, 6) is 0. The molecule has 0 spiro atoms. The van der Waals surface area contributed by atoms with Crippen molar-refractivity contribution < 1.29 is 4.79 Å². The van der Waals surface area contributed by atoms with Gasteiger partial charge in [-0.2, -0.15) is 0 Å². The predicted octanol–water partition coefficient (Wildman–Crippen LogP) is 0.809. The summed E-state index contributed by atoms with van der Waals surface area (Å²) in [4.78, 5) is 14.1. The third-order valence-electron chi connectivity index (χ3n) is 1.34. The molecular formula is C6H9NO. The van der Waals surface area contributed by atoms with Crippen LogP contribution in [0, 0.1) is 0 Å². The summed E-state index contributed by atoms with van der Waals surface area (Å²) in [6.45, 7) is 2.02. The van der Waals surface area contributed by atoms with E-state index in [0.29, 0.717) is 6.04 Å². The van der Waals surface area contributed by atoms with Crippen LogP contribution in [-0.4, -0.2) is 18.0 Å². The van der Waals surface area contributed by atoms with Crippen LogP contribution in [0.25, 0.3) is 0 Å². The average molecular weight is 111 g/mol. The van der Waals surface area contributed by atoms with Gasteiger partial charge in [0, 0.05) is 6.04 Å². The van der Waals surface area contributed by atoms with Gasteiger partial charge in [0.1, 0.15) is 0 Å². The van der Waals surface area contributed by atoms with Gasteiger partial charge in [-0.1, -0.05) is 0 Å². The van der Waals surface area contributed by atoms with Crippen molar-refractivity contribution in [1.29, 1.82) is 0 Å². The molecule has 1 aliphatic heterocycles. The summed E-state index contributed by atoms with van der Waals surface area (Å²) in [7, 11) is 0. The average Bonchev–Trinajstić information content (AvgIpc) is 2.14. The first-order chi connectivity index (χ1) is 3.83. The molecule has 0 aromatic rings. The molecule has 0 aromatic heterocycles. The standard InChI is InChI=1S/C6H9NO/c1-5-2-3-6(4-8)7-5/h4-5H,2-3H2,1H3. The van der Waals surface area contributed by atoms with Gasteiger partial charge in [-0.3, -0.25) is 9.79 Å². The molecule has 0 bridgehead atoms. The quantitative estimate of drug-likeness (QED) is 0.460. The van der Waals surface area contributed by atoms with E-state index in [1.54, 1.807) is 0 Å². The Morgan fingerprint density at radius 3 is 2.88 bits per heavy atom. The van der Waals surface area contributed by atoms with Crippen molar-refractivity contribution in [3.63, 3.8) is 0 Å². The SMILES string of the molecule is CC1CCC(C=O)=N1. The number of aldehydes is 1. The molecule has 1 atom stereocenters. The molecule has 0 aliphatic carbocycles. The largest absolute Gasteiger partial charge is 0.297 e. The Morgan fingerprint density at radius 1 is 1.88 bits per heavy atom. The molecule has 2 heteroatoms. The molecule has 8 heavy (non-hydrogen) atoms. The highest BCUT2D eigenvalue weighted by Crippen LogP contribution is 2.10. The van der Waals surface area contributed by atoms with Gasteiger partial charge in [0.05, 0.1) is 5.71 Å². The summed E-state index contributed by atoms with van der Waals surface area (Å²) in [5, 5.41) is 0. The minimum Gasteiger partial charge on any atom is -0.297 e. The number of carbonyl (C=O) groups is 1. The monoisotopic (exact) mass is 111 g/mol. The Balaban J connectivity index is 2.56. The zero-order valence-corrected chi connectivity index (χ0v) is 4.92. The van der Waals surface area contributed by atoms with Crippen LogP contribution in [0.15, 0.2) is 4.99 Å². The summed E-state index contributed by atoms with van der Waals surface area (Å²) in [5.41, 5.74) is 0.734. The second kappa shape index (κ2) is 2.07. The van der Waals surface area contributed by atoms with Gasteiger partial charge < -0.3 is 0 Å². The van der Waals surface area contributed by atoms with Crippen LogP contribution in [0.1, 0.15) is 19.8 Å². The molecular weight excluding hydrogens is 102 g/mol. The van der Waals surface area contributed by atoms with Gasteiger partial charge in [-0.25, -0.2) is 0 Å². The van der Waals surface area contributed by atoms with Crippen LogP contribution in [0.3, 0.4) is 0 Å². The molecule has 44 valence electrons. The Kier molecular flexibility index (Phi) is 1.42. The van der Waals surface area contributed by atoms with Crippen molar-refractivity contribution in [3.8, 4) is 0 Å². The highest BCUT2D eigenvalue weighted by atomic mass is 16.1. The fourth-order valence-electron chi connectivity index (χ4n) is 0.858. The van der Waals surface area contributed by atoms with Crippen LogP contribution in [0.5, 0.6) is 0 Å². The normalized spacial score (nSPS) is 27.6. The van der Waals surface area contributed by atoms with E-state index in [4.69, 9.17) is 0 Å². The lowest BCUT2D eigenvalue weighted by Crippen LogP contribution is -1.91. The number of hydrogen-bond acceptors (Lipinski definition) is 2. The molecule has 0 aromatic carbocycles. The molecule has 0 fully saturated rings. The lowest BCUT2D eigenvalue weighted by atomic mass is 10.2. The maximum atomic E-state index is 10.0. The van der Waals surface area contributed by atoms with Crippen molar-refractivity contribution in [2.75, 3.05) is 0 Å². The number of hydrogen-bond donors (Lipinski definition) is 0. The maximum absolute atomic E-state index is 10.0. The van der Waals surface area contributed by atoms with Gasteiger partial charge in [-0.05, 0) is 19.8 Å². The van der Waals surface area contributed by atoms with E-state index in [1.165, 1.54) is 0 Å². The van der Waals surface area contributed by atoms with E-state index in [0.717, 1.165) is 24.8 Å². The highest BCUT2D eigenvalue weighted by molar-refractivity contribution is 6.28. The van der Waals surface area contributed by atoms with Crippen molar-refractivity contribution in [2.45, 2.75) is 25.8 Å². The summed E-state index contributed by atoms with van der Waals surface area (Å²) in [6, 6.07) is 0.384. The molecule has 2 nitrogen and oxygen atoms in total. The van der Waals surface area contributed by atoms with Crippen LogP contribution in [0.2, 0.25) is 0 Å². The summed E-state index contributed by atoms with van der Waals surface area (Å²) >= 11 is 0. The fraction of sp³-hybridized carbons (Fsp3) is 0.667. The Morgan fingerprint density at radius 2 is 2.62 bits per heavy atom. The number of rotatable bonds is 1. The lowest BCUT2D eigenvalue weighted by molar-refractivity contribution is -0.102. The molecule has 0 N–H and O–H groups in total. The molecule has 1 aliphatic rings. The topological polar surface area (TPSA) is 29.4 Å². The first kappa shape index (κ1) is 5.48. The highest BCUT2D eigenvalue weighted by Gasteiger charge is 2.10. The minimum absolute atomic E-state index is 0.384. The van der Waals surface area contributed by atoms with E-state index in [2.05, 4.69) is 4.99 Å². The molecule has 1 heterocycles. The molecule has 0 radical (unpaired) electrons. The van der Waals surface area contributed by atoms with Gasteiger partial charge >= 0.3 is 0 Å². The first-order valence-corrected chi connectivity index (χ1v) is 2.85. The van der Waals surface area contributed by atoms with Crippen LogP contribution in [-0.2, 0) is 4.79 Å². The number of carbonyl (C=O) groups excluding carboxylic acids is 1. The third kappa shape index (κ3) is 0.941. The van der Waals surface area contributed by atoms with E-state index in [-0.39, 0.29) is 0 Å². The van der Waals surface area contributed by atoms with Crippen molar-refractivity contribution in [1.82, 2.24) is 0 Å². The second-order valence-corrected chi connectivity index (χ2v) is 2.13. The van der Waals surface area contributed by atoms with Crippen LogP contribution >= 0.6 is 0 Å². The fourth-order valence-corrected chi connectivity index (χ4v) is 0.858. The summed E-state index contributed by atoms with van der Waals surface area (Å²) in [6.07, 6.45) is 2.78. The van der Waals surface area contributed by atoms with Gasteiger partial charge in [0.15, 0.2) is 6.29 Å². The Hall–Kier alpha value is -0.660. The lowest BCUT2D eigenvalue weighted by Gasteiger charge is -1.88. The van der Waals surface area contributed by atoms with E-state index < -0.39 is 0 Å². The second-order valence-electron chi connectivity index (χ2n) is 2.13.